The van der Waals surface area contributed by atoms with Crippen LogP contribution in [0.4, 0.5) is 0 Å². The average molecular weight is 178 g/mol. The van der Waals surface area contributed by atoms with E-state index in [9.17, 15) is 5.11 Å². The first-order chi connectivity index (χ1) is 4.71. The molecule has 1 aliphatic carbocycles. The fourth-order valence-electron chi connectivity index (χ4n) is 2.02. The topological polar surface area (TPSA) is 32.3 Å². The third-order valence-corrected chi connectivity index (χ3v) is 2.88. The first kappa shape index (κ1) is 9.30. The molecule has 2 nitrogen and oxygen atoms in total. The molecule has 0 aromatic carbocycles. The minimum atomic E-state index is -0.0920. The van der Waals surface area contributed by atoms with Gasteiger partial charge in [0.25, 0.3) is 0 Å². The lowest BCUT2D eigenvalue weighted by molar-refractivity contribution is 0.183. The molecule has 3 heteroatoms. The predicted molar refractivity (Wildman–Crippen MR) is 47.0 cm³/mol. The van der Waals surface area contributed by atoms with Gasteiger partial charge in [-0.25, -0.2) is 0 Å². The quantitative estimate of drug-likeness (QED) is 0.625. The number of nitrogens with one attached hydrogen (secondary N) is 1. The molecule has 2 fully saturated rings. The lowest BCUT2D eigenvalue weighted by atomic mass is 9.93. The summed E-state index contributed by atoms with van der Waals surface area (Å²) < 4.78 is 0. The van der Waals surface area contributed by atoms with Gasteiger partial charge >= 0.3 is 0 Å². The molecule has 2 aliphatic rings. The summed E-state index contributed by atoms with van der Waals surface area (Å²) in [6.45, 7) is 3.04. The van der Waals surface area contributed by atoms with Crippen molar-refractivity contribution in [3.63, 3.8) is 0 Å². The fraction of sp³-hybridized carbons (Fsp3) is 1.00. The van der Waals surface area contributed by atoms with Crippen LogP contribution in [0.1, 0.15) is 26.2 Å². The maximum atomic E-state index is 9.28. The summed E-state index contributed by atoms with van der Waals surface area (Å²) in [5.74, 6) is 0.852. The van der Waals surface area contributed by atoms with Crippen molar-refractivity contribution in [1.29, 1.82) is 0 Å². The molecule has 2 atom stereocenters. The number of aliphatic hydroxyl groups excluding tert-OH is 1. The van der Waals surface area contributed by atoms with E-state index < -0.39 is 0 Å². The highest BCUT2D eigenvalue weighted by molar-refractivity contribution is 5.85. The van der Waals surface area contributed by atoms with Crippen LogP contribution in [0.2, 0.25) is 0 Å². The summed E-state index contributed by atoms with van der Waals surface area (Å²) in [5.41, 5.74) is 0.277. The molecular weight excluding hydrogens is 162 g/mol. The summed E-state index contributed by atoms with van der Waals surface area (Å²) in [4.78, 5) is 0. The lowest BCUT2D eigenvalue weighted by Crippen LogP contribution is -2.38. The van der Waals surface area contributed by atoms with Gasteiger partial charge in [-0.1, -0.05) is 0 Å². The van der Waals surface area contributed by atoms with Gasteiger partial charge < -0.3 is 10.4 Å². The Morgan fingerprint density at radius 2 is 2.09 bits per heavy atom. The highest BCUT2D eigenvalue weighted by Gasteiger charge is 2.45. The molecule has 2 unspecified atom stereocenters. The highest BCUT2D eigenvalue weighted by Crippen LogP contribution is 2.43. The average Bonchev–Trinajstić information content (AvgIpc) is 2.62. The van der Waals surface area contributed by atoms with Crippen LogP contribution in [-0.4, -0.2) is 23.3 Å². The largest absolute Gasteiger partial charge is 0.392 e. The summed E-state index contributed by atoms with van der Waals surface area (Å²) in [6, 6.07) is 0. The molecule has 0 bridgehead atoms. The van der Waals surface area contributed by atoms with Crippen molar-refractivity contribution in [3.05, 3.63) is 0 Å². The van der Waals surface area contributed by atoms with Crippen LogP contribution in [0, 0.1) is 5.92 Å². The molecule has 0 amide bonds. The molecule has 0 aromatic rings. The summed E-state index contributed by atoms with van der Waals surface area (Å²) >= 11 is 0. The molecule has 2 rings (SSSR count). The van der Waals surface area contributed by atoms with Crippen LogP contribution >= 0.6 is 12.4 Å². The van der Waals surface area contributed by atoms with Crippen LogP contribution in [0.5, 0.6) is 0 Å². The van der Waals surface area contributed by atoms with E-state index in [2.05, 4.69) is 12.2 Å². The lowest BCUT2D eigenvalue weighted by Gasteiger charge is -2.23. The Kier molecular flexibility index (Phi) is 2.47. The van der Waals surface area contributed by atoms with E-state index >= 15 is 0 Å². The van der Waals surface area contributed by atoms with Crippen LogP contribution in [0.15, 0.2) is 0 Å². The zero-order valence-electron chi connectivity index (χ0n) is 6.84. The molecule has 1 aliphatic heterocycles. The van der Waals surface area contributed by atoms with Crippen molar-refractivity contribution in [2.45, 2.75) is 37.8 Å². The van der Waals surface area contributed by atoms with Crippen LogP contribution in [0.3, 0.4) is 0 Å². The maximum Gasteiger partial charge on any atom is 0.0682 e. The van der Waals surface area contributed by atoms with Crippen molar-refractivity contribution in [1.82, 2.24) is 5.32 Å². The Morgan fingerprint density at radius 3 is 2.45 bits per heavy atom. The van der Waals surface area contributed by atoms with Gasteiger partial charge in [0.2, 0.25) is 0 Å². The van der Waals surface area contributed by atoms with Gasteiger partial charge in [0.15, 0.2) is 0 Å². The zero-order valence-corrected chi connectivity index (χ0v) is 7.66. The van der Waals surface area contributed by atoms with Crippen molar-refractivity contribution in [3.8, 4) is 0 Å². The molecule has 1 saturated carbocycles. The molecule has 0 spiro atoms. The standard InChI is InChI=1S/C8H15NO.ClH/c1-8(6-2-3-6)4-7(10)5-9-8;/h6-7,9-10H,2-5H2,1H3;1H. The van der Waals surface area contributed by atoms with Crippen LogP contribution in [0.25, 0.3) is 0 Å². The van der Waals surface area contributed by atoms with E-state index in [0.29, 0.717) is 0 Å². The van der Waals surface area contributed by atoms with Crippen LogP contribution < -0.4 is 5.32 Å². The minimum absolute atomic E-state index is 0. The first-order valence-electron chi connectivity index (χ1n) is 4.14. The second kappa shape index (κ2) is 2.92. The molecule has 1 heterocycles. The fourth-order valence-corrected chi connectivity index (χ4v) is 2.02. The van der Waals surface area contributed by atoms with E-state index in [0.717, 1.165) is 18.9 Å². The van der Waals surface area contributed by atoms with Gasteiger partial charge in [0.1, 0.15) is 0 Å². The monoisotopic (exact) mass is 177 g/mol. The Morgan fingerprint density at radius 1 is 1.45 bits per heavy atom. The first-order valence-corrected chi connectivity index (χ1v) is 4.14. The van der Waals surface area contributed by atoms with Gasteiger partial charge in [-0.2, -0.15) is 0 Å². The molecular formula is C8H16ClNO. The highest BCUT2D eigenvalue weighted by atomic mass is 35.5. The molecule has 2 N–H and O–H groups in total. The van der Waals surface area contributed by atoms with Crippen LogP contribution in [-0.2, 0) is 0 Å². The van der Waals surface area contributed by atoms with E-state index in [1.165, 1.54) is 12.8 Å². The van der Waals surface area contributed by atoms with Gasteiger partial charge in [-0.05, 0) is 32.1 Å². The molecule has 11 heavy (non-hydrogen) atoms. The van der Waals surface area contributed by atoms with Crippen molar-refractivity contribution >= 4 is 12.4 Å². The summed E-state index contributed by atoms with van der Waals surface area (Å²) in [6.07, 6.45) is 3.58. The zero-order chi connectivity index (χ0) is 7.19. The van der Waals surface area contributed by atoms with E-state index in [-0.39, 0.29) is 24.0 Å². The summed E-state index contributed by atoms with van der Waals surface area (Å²) in [7, 11) is 0. The van der Waals surface area contributed by atoms with E-state index in [4.69, 9.17) is 0 Å². The third-order valence-electron chi connectivity index (χ3n) is 2.88. The minimum Gasteiger partial charge on any atom is -0.392 e. The number of aliphatic hydroxyl groups is 1. The second-order valence-electron chi connectivity index (χ2n) is 3.93. The number of hydrogen-bond donors (Lipinski definition) is 2. The predicted octanol–water partition coefficient (Wildman–Crippen LogP) is 0.931. The number of halogens is 1. The third kappa shape index (κ3) is 1.68. The Balaban J connectivity index is 0.000000605. The SMILES string of the molecule is CC1(C2CC2)CC(O)CN1.Cl. The molecule has 1 saturated heterocycles. The van der Waals surface area contributed by atoms with Crippen molar-refractivity contribution in [2.24, 2.45) is 5.92 Å². The molecule has 0 radical (unpaired) electrons. The number of hydrogen-bond acceptors (Lipinski definition) is 2. The van der Waals surface area contributed by atoms with Crippen molar-refractivity contribution in [2.75, 3.05) is 6.54 Å². The Hall–Kier alpha value is 0.210. The molecule has 0 aromatic heterocycles. The normalized spacial score (nSPS) is 43.6. The van der Waals surface area contributed by atoms with E-state index in [1.54, 1.807) is 0 Å². The van der Waals surface area contributed by atoms with Gasteiger partial charge in [-0.15, -0.1) is 12.4 Å². The van der Waals surface area contributed by atoms with Gasteiger partial charge in [0, 0.05) is 12.1 Å². The molecule has 66 valence electrons. The smallest absolute Gasteiger partial charge is 0.0682 e. The Bertz CT molecular complexity index is 149. The van der Waals surface area contributed by atoms with E-state index in [1.807, 2.05) is 0 Å². The van der Waals surface area contributed by atoms with Crippen molar-refractivity contribution < 1.29 is 5.11 Å². The maximum absolute atomic E-state index is 9.28. The second-order valence-corrected chi connectivity index (χ2v) is 3.93. The Labute approximate surface area is 73.8 Å². The van der Waals surface area contributed by atoms with Gasteiger partial charge in [0.05, 0.1) is 6.10 Å². The number of rotatable bonds is 1. The summed E-state index contributed by atoms with van der Waals surface area (Å²) in [5, 5.41) is 12.7. The van der Waals surface area contributed by atoms with Gasteiger partial charge in [-0.3, -0.25) is 0 Å². The number of β-amino-alcohol motifs (C(OH)–C–C–N with tert-alkyl or cyclic N) is 1.